The van der Waals surface area contributed by atoms with Crippen LogP contribution >= 0.6 is 11.6 Å². The van der Waals surface area contributed by atoms with Crippen LogP contribution in [0.25, 0.3) is 0 Å². The van der Waals surface area contributed by atoms with Gasteiger partial charge in [-0.1, -0.05) is 0 Å². The highest BCUT2D eigenvalue weighted by Crippen LogP contribution is 2.28. The van der Waals surface area contributed by atoms with E-state index in [-0.39, 0.29) is 22.5 Å². The minimum absolute atomic E-state index is 0.0116. The summed E-state index contributed by atoms with van der Waals surface area (Å²) in [5, 5.41) is 7.87. The molecule has 1 aliphatic heterocycles. The molecule has 0 spiro atoms. The van der Waals surface area contributed by atoms with E-state index in [9.17, 15) is 13.2 Å². The number of benzene rings is 1. The Morgan fingerprint density at radius 1 is 1.23 bits per heavy atom. The molecule has 3 N–H and O–H groups in total. The zero-order valence-electron chi connectivity index (χ0n) is 10.9. The topological polar surface area (TPSA) is 124 Å². The molecule has 2 heterocycles. The van der Waals surface area contributed by atoms with Crippen LogP contribution in [0.5, 0.6) is 0 Å². The van der Waals surface area contributed by atoms with Gasteiger partial charge < -0.3 is 10.1 Å². The van der Waals surface area contributed by atoms with Crippen LogP contribution in [-0.4, -0.2) is 24.4 Å². The van der Waals surface area contributed by atoms with Gasteiger partial charge in [-0.05, 0) is 35.9 Å². The van der Waals surface area contributed by atoms with Crippen LogP contribution in [0.4, 0.5) is 11.5 Å². The van der Waals surface area contributed by atoms with Crippen molar-refractivity contribution in [3.05, 3.63) is 40.8 Å². The molecule has 1 aromatic heterocycles. The Morgan fingerprint density at radius 3 is 2.55 bits per heavy atom. The van der Waals surface area contributed by atoms with Crippen LogP contribution in [0.2, 0.25) is 5.28 Å². The smallest absolute Gasteiger partial charge is 0.357 e. The molecule has 22 heavy (non-hydrogen) atoms. The Balaban J connectivity index is 1.94. The van der Waals surface area contributed by atoms with Crippen molar-refractivity contribution in [1.82, 2.24) is 9.97 Å². The first kappa shape index (κ1) is 14.7. The lowest BCUT2D eigenvalue weighted by molar-refractivity contribution is 0.0531. The van der Waals surface area contributed by atoms with E-state index in [0.29, 0.717) is 17.1 Å². The molecule has 10 heteroatoms. The maximum absolute atomic E-state index is 11.5. The number of nitrogens with zero attached hydrogens (tertiary/aromatic N) is 2. The van der Waals surface area contributed by atoms with Gasteiger partial charge in [-0.25, -0.2) is 23.3 Å². The molecule has 0 saturated carbocycles. The fourth-order valence-corrected chi connectivity index (χ4v) is 2.62. The summed E-state index contributed by atoms with van der Waals surface area (Å²) >= 11 is 5.78. The van der Waals surface area contributed by atoms with E-state index in [1.165, 1.54) is 24.3 Å². The van der Waals surface area contributed by atoms with Crippen molar-refractivity contribution in [3.8, 4) is 0 Å². The maximum atomic E-state index is 11.5. The van der Waals surface area contributed by atoms with Gasteiger partial charge >= 0.3 is 5.97 Å². The third kappa shape index (κ3) is 2.73. The number of hydrogen-bond donors (Lipinski definition) is 2. The fraction of sp³-hybridized carbons (Fsp3) is 0.0833. The molecule has 0 atom stereocenters. The number of fused-ring (bicyclic) bond motifs is 1. The van der Waals surface area contributed by atoms with Crippen molar-refractivity contribution in [1.29, 1.82) is 0 Å². The number of cyclic esters (lactones) is 1. The highest BCUT2D eigenvalue weighted by atomic mass is 35.5. The number of halogens is 1. The lowest BCUT2D eigenvalue weighted by Gasteiger charge is -2.09. The summed E-state index contributed by atoms with van der Waals surface area (Å²) in [5.41, 5.74) is 1.15. The van der Waals surface area contributed by atoms with E-state index in [1.54, 1.807) is 0 Å². The standard InChI is InChI=1S/C12H9ClN4O4S/c13-12-16-9-8(5-21-11(9)18)10(17-12)15-6-1-3-7(4-2-6)22(14,19)20/h1-4H,5H2,(H2,14,19,20)(H,15,16,17). The number of aromatic nitrogens is 2. The number of nitrogens with one attached hydrogen (secondary N) is 1. The first-order valence-corrected chi connectivity index (χ1v) is 7.90. The van der Waals surface area contributed by atoms with E-state index in [4.69, 9.17) is 21.5 Å². The molecule has 0 fully saturated rings. The third-order valence-electron chi connectivity index (χ3n) is 2.97. The number of ether oxygens (including phenoxy) is 1. The molecule has 0 aliphatic carbocycles. The van der Waals surface area contributed by atoms with Crippen molar-refractivity contribution >= 4 is 39.1 Å². The third-order valence-corrected chi connectivity index (χ3v) is 4.06. The van der Waals surface area contributed by atoms with Crippen molar-refractivity contribution in [3.63, 3.8) is 0 Å². The van der Waals surface area contributed by atoms with Crippen molar-refractivity contribution in [2.75, 3.05) is 5.32 Å². The average Bonchev–Trinajstić information content (AvgIpc) is 2.80. The summed E-state index contributed by atoms with van der Waals surface area (Å²) in [5.74, 6) is -0.240. The second kappa shape index (κ2) is 5.20. The fourth-order valence-electron chi connectivity index (χ4n) is 1.94. The van der Waals surface area contributed by atoms with Crippen molar-refractivity contribution in [2.24, 2.45) is 5.14 Å². The van der Waals surface area contributed by atoms with Crippen LogP contribution in [0.15, 0.2) is 29.2 Å². The number of carbonyl (C=O) groups is 1. The maximum Gasteiger partial charge on any atom is 0.357 e. The molecule has 0 unspecified atom stereocenters. The zero-order valence-corrected chi connectivity index (χ0v) is 12.5. The van der Waals surface area contributed by atoms with Gasteiger partial charge in [0, 0.05) is 5.69 Å². The quantitative estimate of drug-likeness (QED) is 0.635. The van der Waals surface area contributed by atoms with Gasteiger partial charge in [0.1, 0.15) is 12.4 Å². The first-order chi connectivity index (χ1) is 10.3. The summed E-state index contributed by atoms with van der Waals surface area (Å²) < 4.78 is 27.3. The number of carbonyl (C=O) groups excluding carboxylic acids is 1. The zero-order chi connectivity index (χ0) is 15.9. The highest BCUT2D eigenvalue weighted by molar-refractivity contribution is 7.89. The Labute approximate surface area is 130 Å². The van der Waals surface area contributed by atoms with Crippen molar-refractivity contribution < 1.29 is 17.9 Å². The van der Waals surface area contributed by atoms with Crippen LogP contribution in [0.3, 0.4) is 0 Å². The monoisotopic (exact) mass is 340 g/mol. The molecule has 0 saturated heterocycles. The van der Waals surface area contributed by atoms with Crippen LogP contribution in [0.1, 0.15) is 16.1 Å². The van der Waals surface area contributed by atoms with Crippen LogP contribution in [-0.2, 0) is 21.4 Å². The number of rotatable bonds is 3. The summed E-state index contributed by atoms with van der Waals surface area (Å²) in [7, 11) is -3.76. The minimum atomic E-state index is -3.76. The number of sulfonamides is 1. The summed E-state index contributed by atoms with van der Waals surface area (Å²) in [6.45, 7) is 0.0446. The van der Waals surface area contributed by atoms with Gasteiger partial charge in [-0.2, -0.15) is 4.98 Å². The molecular formula is C12H9ClN4O4S. The van der Waals surface area contributed by atoms with Gasteiger partial charge in [0.15, 0.2) is 5.69 Å². The molecule has 1 aliphatic rings. The van der Waals surface area contributed by atoms with E-state index < -0.39 is 16.0 Å². The van der Waals surface area contributed by atoms with Crippen LogP contribution in [0, 0.1) is 0 Å². The lowest BCUT2D eigenvalue weighted by atomic mass is 10.2. The highest BCUT2D eigenvalue weighted by Gasteiger charge is 2.27. The number of primary sulfonamides is 1. The molecule has 0 amide bonds. The second-order valence-corrected chi connectivity index (χ2v) is 6.34. The summed E-state index contributed by atoms with van der Waals surface area (Å²) in [6.07, 6.45) is 0. The molecule has 1 aromatic carbocycles. The lowest BCUT2D eigenvalue weighted by Crippen LogP contribution is -2.11. The van der Waals surface area contributed by atoms with Gasteiger partial charge in [-0.15, -0.1) is 0 Å². The Bertz CT molecular complexity index is 867. The van der Waals surface area contributed by atoms with E-state index in [0.717, 1.165) is 0 Å². The Morgan fingerprint density at radius 2 is 1.91 bits per heavy atom. The summed E-state index contributed by atoms with van der Waals surface area (Å²) in [6, 6.07) is 5.73. The minimum Gasteiger partial charge on any atom is -0.456 e. The SMILES string of the molecule is NS(=O)(=O)c1ccc(Nc2nc(Cl)nc3c2COC3=O)cc1. The number of hydrogen-bond acceptors (Lipinski definition) is 7. The van der Waals surface area contributed by atoms with Crippen molar-refractivity contribution in [2.45, 2.75) is 11.5 Å². The largest absolute Gasteiger partial charge is 0.456 e. The van der Waals surface area contributed by atoms with E-state index >= 15 is 0 Å². The molecule has 3 rings (SSSR count). The average molecular weight is 341 g/mol. The van der Waals surface area contributed by atoms with E-state index in [2.05, 4.69) is 15.3 Å². The van der Waals surface area contributed by atoms with Gasteiger partial charge in [0.25, 0.3) is 0 Å². The van der Waals surface area contributed by atoms with Crippen LogP contribution < -0.4 is 10.5 Å². The molecular weight excluding hydrogens is 332 g/mol. The molecule has 114 valence electrons. The molecule has 8 nitrogen and oxygen atoms in total. The number of nitrogens with two attached hydrogens (primary N) is 1. The van der Waals surface area contributed by atoms with Gasteiger partial charge in [0.05, 0.1) is 10.5 Å². The molecule has 0 radical (unpaired) electrons. The predicted molar refractivity (Wildman–Crippen MR) is 77.3 cm³/mol. The normalized spacial score (nSPS) is 13.6. The van der Waals surface area contributed by atoms with Gasteiger partial charge in [-0.3, -0.25) is 0 Å². The number of anilines is 2. The molecule has 2 aromatic rings. The number of esters is 1. The van der Waals surface area contributed by atoms with E-state index in [1.807, 2.05) is 0 Å². The Hall–Kier alpha value is -2.23. The molecule has 0 bridgehead atoms. The first-order valence-electron chi connectivity index (χ1n) is 5.98. The Kier molecular flexibility index (Phi) is 3.47. The van der Waals surface area contributed by atoms with Gasteiger partial charge in [0.2, 0.25) is 15.3 Å². The second-order valence-electron chi connectivity index (χ2n) is 4.44. The predicted octanol–water partition coefficient (Wildman–Crippen LogP) is 1.19. The summed E-state index contributed by atoms with van der Waals surface area (Å²) in [4.78, 5) is 19.3.